The maximum atomic E-state index is 9.93. The van der Waals surface area contributed by atoms with Crippen LogP contribution in [-0.4, -0.2) is 35.7 Å². The molecular weight excluding hydrogens is 248 g/mol. The predicted molar refractivity (Wildman–Crippen MR) is 84.4 cm³/mol. The maximum absolute atomic E-state index is 9.93. The first-order valence-electron chi connectivity index (χ1n) is 7.47. The van der Waals surface area contributed by atoms with Gasteiger partial charge in [-0.2, -0.15) is 0 Å². The molecule has 0 saturated carbocycles. The van der Waals surface area contributed by atoms with Crippen LogP contribution in [0.15, 0.2) is 36.4 Å². The third-order valence-corrected chi connectivity index (χ3v) is 4.29. The molecule has 1 saturated heterocycles. The van der Waals surface area contributed by atoms with Crippen molar-refractivity contribution in [3.8, 4) is 5.75 Å². The molecule has 0 aromatic heterocycles. The molecule has 1 aliphatic rings. The quantitative estimate of drug-likeness (QED) is 0.897. The largest absolute Gasteiger partial charge is 0.507 e. The van der Waals surface area contributed by atoms with Crippen molar-refractivity contribution in [3.63, 3.8) is 0 Å². The Bertz CT molecular complexity index is 589. The molecule has 1 heterocycles. The number of rotatable bonds is 3. The minimum atomic E-state index is 0.354. The third-order valence-electron chi connectivity index (χ3n) is 4.29. The SMILES string of the molecule is CCN1CCC(Nc2cccc3c(O)cccc23)CC1. The lowest BCUT2D eigenvalue weighted by Gasteiger charge is -2.32. The molecule has 1 aliphatic heterocycles. The molecular formula is C17H22N2O. The zero-order chi connectivity index (χ0) is 13.9. The Morgan fingerprint density at radius 3 is 2.55 bits per heavy atom. The molecule has 0 radical (unpaired) electrons. The molecule has 2 aromatic carbocycles. The summed E-state index contributed by atoms with van der Waals surface area (Å²) in [5.74, 6) is 0.354. The van der Waals surface area contributed by atoms with E-state index in [4.69, 9.17) is 0 Å². The number of benzene rings is 2. The molecule has 0 atom stereocenters. The Balaban J connectivity index is 1.80. The number of hydrogen-bond acceptors (Lipinski definition) is 3. The topological polar surface area (TPSA) is 35.5 Å². The zero-order valence-corrected chi connectivity index (χ0v) is 12.0. The summed E-state index contributed by atoms with van der Waals surface area (Å²) in [5.41, 5.74) is 1.13. The molecule has 0 bridgehead atoms. The lowest BCUT2D eigenvalue weighted by molar-refractivity contribution is 0.229. The van der Waals surface area contributed by atoms with Crippen LogP contribution in [-0.2, 0) is 0 Å². The van der Waals surface area contributed by atoms with Crippen molar-refractivity contribution in [1.29, 1.82) is 0 Å². The van der Waals surface area contributed by atoms with E-state index in [-0.39, 0.29) is 0 Å². The van der Waals surface area contributed by atoms with Gasteiger partial charge in [0.2, 0.25) is 0 Å². The van der Waals surface area contributed by atoms with Gasteiger partial charge in [-0.05, 0) is 31.5 Å². The van der Waals surface area contributed by atoms with E-state index in [0.717, 1.165) is 23.0 Å². The molecule has 0 unspecified atom stereocenters. The fourth-order valence-electron chi connectivity index (χ4n) is 3.03. The zero-order valence-electron chi connectivity index (χ0n) is 12.0. The molecule has 0 aliphatic carbocycles. The van der Waals surface area contributed by atoms with Gasteiger partial charge in [-0.3, -0.25) is 0 Å². The Hall–Kier alpha value is -1.74. The van der Waals surface area contributed by atoms with Crippen LogP contribution < -0.4 is 5.32 Å². The number of phenols is 1. The standard InChI is InChI=1S/C17H22N2O/c1-2-19-11-9-13(10-12-19)18-16-7-3-6-15-14(16)5-4-8-17(15)20/h3-8,13,18,20H,2,9-12H2,1H3. The van der Waals surface area contributed by atoms with E-state index in [1.54, 1.807) is 6.07 Å². The van der Waals surface area contributed by atoms with Gasteiger partial charge in [0.05, 0.1) is 0 Å². The van der Waals surface area contributed by atoms with Crippen LogP contribution in [0.2, 0.25) is 0 Å². The number of nitrogens with zero attached hydrogens (tertiary/aromatic N) is 1. The molecule has 106 valence electrons. The van der Waals surface area contributed by atoms with Crippen molar-refractivity contribution < 1.29 is 5.11 Å². The van der Waals surface area contributed by atoms with Gasteiger partial charge in [0.1, 0.15) is 5.75 Å². The summed E-state index contributed by atoms with van der Waals surface area (Å²) in [7, 11) is 0. The van der Waals surface area contributed by atoms with Crippen LogP contribution in [0.25, 0.3) is 10.8 Å². The highest BCUT2D eigenvalue weighted by molar-refractivity contribution is 5.97. The van der Waals surface area contributed by atoms with Crippen molar-refractivity contribution >= 4 is 16.5 Å². The van der Waals surface area contributed by atoms with Crippen LogP contribution in [0.3, 0.4) is 0 Å². The monoisotopic (exact) mass is 270 g/mol. The molecule has 1 fully saturated rings. The number of piperidine rings is 1. The van der Waals surface area contributed by atoms with Crippen LogP contribution in [0.1, 0.15) is 19.8 Å². The third kappa shape index (κ3) is 2.59. The first kappa shape index (κ1) is 13.3. The molecule has 0 spiro atoms. The Kier molecular flexibility index (Phi) is 3.79. The number of aromatic hydroxyl groups is 1. The highest BCUT2D eigenvalue weighted by Crippen LogP contribution is 2.30. The van der Waals surface area contributed by atoms with Crippen molar-refractivity contribution in [2.75, 3.05) is 25.0 Å². The number of anilines is 1. The van der Waals surface area contributed by atoms with Gasteiger partial charge in [-0.25, -0.2) is 0 Å². The smallest absolute Gasteiger partial charge is 0.123 e. The first-order valence-corrected chi connectivity index (χ1v) is 7.47. The van der Waals surface area contributed by atoms with E-state index < -0.39 is 0 Å². The number of hydrogen-bond donors (Lipinski definition) is 2. The normalized spacial score (nSPS) is 17.4. The molecule has 0 amide bonds. The van der Waals surface area contributed by atoms with Crippen LogP contribution in [0.4, 0.5) is 5.69 Å². The summed E-state index contributed by atoms with van der Waals surface area (Å²) in [5, 5.41) is 15.6. The van der Waals surface area contributed by atoms with Crippen LogP contribution in [0, 0.1) is 0 Å². The molecule has 3 heteroatoms. The second kappa shape index (κ2) is 5.71. The number of nitrogens with one attached hydrogen (secondary N) is 1. The van der Waals surface area contributed by atoms with Gasteiger partial charge >= 0.3 is 0 Å². The average Bonchev–Trinajstić information content (AvgIpc) is 2.49. The van der Waals surface area contributed by atoms with E-state index in [0.29, 0.717) is 11.8 Å². The van der Waals surface area contributed by atoms with Crippen molar-refractivity contribution in [3.05, 3.63) is 36.4 Å². The van der Waals surface area contributed by atoms with Crippen molar-refractivity contribution in [2.24, 2.45) is 0 Å². The summed E-state index contributed by atoms with van der Waals surface area (Å²) >= 11 is 0. The Labute approximate surface area is 120 Å². The van der Waals surface area contributed by atoms with Gasteiger partial charge in [-0.1, -0.05) is 31.2 Å². The van der Waals surface area contributed by atoms with E-state index in [1.807, 2.05) is 18.2 Å². The summed E-state index contributed by atoms with van der Waals surface area (Å²) in [4.78, 5) is 2.49. The highest BCUT2D eigenvalue weighted by Gasteiger charge is 2.18. The first-order chi connectivity index (χ1) is 9.78. The number of fused-ring (bicyclic) bond motifs is 1. The van der Waals surface area contributed by atoms with Gasteiger partial charge in [0.25, 0.3) is 0 Å². The minimum absolute atomic E-state index is 0.354. The summed E-state index contributed by atoms with van der Waals surface area (Å²) in [6, 6.07) is 12.3. The highest BCUT2D eigenvalue weighted by atomic mass is 16.3. The summed E-state index contributed by atoms with van der Waals surface area (Å²) in [6.45, 7) is 5.71. The lowest BCUT2D eigenvalue weighted by Crippen LogP contribution is -2.38. The second-order valence-corrected chi connectivity index (χ2v) is 5.53. The number of phenolic OH excluding ortho intramolecular Hbond substituents is 1. The molecule has 2 aromatic rings. The Morgan fingerprint density at radius 2 is 1.80 bits per heavy atom. The lowest BCUT2D eigenvalue weighted by atomic mass is 10.0. The summed E-state index contributed by atoms with van der Waals surface area (Å²) < 4.78 is 0. The summed E-state index contributed by atoms with van der Waals surface area (Å²) in [6.07, 6.45) is 2.37. The second-order valence-electron chi connectivity index (χ2n) is 5.53. The molecule has 3 nitrogen and oxygen atoms in total. The fraction of sp³-hybridized carbons (Fsp3) is 0.412. The van der Waals surface area contributed by atoms with Gasteiger partial charge < -0.3 is 15.3 Å². The minimum Gasteiger partial charge on any atom is -0.507 e. The fourth-order valence-corrected chi connectivity index (χ4v) is 3.03. The predicted octanol–water partition coefficient (Wildman–Crippen LogP) is 3.44. The molecule has 2 N–H and O–H groups in total. The van der Waals surface area contributed by atoms with Crippen molar-refractivity contribution in [1.82, 2.24) is 4.90 Å². The van der Waals surface area contributed by atoms with E-state index >= 15 is 0 Å². The van der Waals surface area contributed by atoms with Gasteiger partial charge in [0, 0.05) is 35.6 Å². The van der Waals surface area contributed by atoms with E-state index in [1.165, 1.54) is 25.9 Å². The average molecular weight is 270 g/mol. The number of likely N-dealkylation sites (tertiary alicyclic amines) is 1. The van der Waals surface area contributed by atoms with E-state index in [2.05, 4.69) is 29.3 Å². The molecule has 20 heavy (non-hydrogen) atoms. The maximum Gasteiger partial charge on any atom is 0.123 e. The van der Waals surface area contributed by atoms with Crippen LogP contribution in [0.5, 0.6) is 5.75 Å². The van der Waals surface area contributed by atoms with E-state index in [9.17, 15) is 5.11 Å². The van der Waals surface area contributed by atoms with Crippen molar-refractivity contribution in [2.45, 2.75) is 25.8 Å². The molecule has 3 rings (SSSR count). The van der Waals surface area contributed by atoms with Crippen LogP contribution >= 0.6 is 0 Å². The van der Waals surface area contributed by atoms with Gasteiger partial charge in [-0.15, -0.1) is 0 Å². The van der Waals surface area contributed by atoms with Gasteiger partial charge in [0.15, 0.2) is 0 Å². The Morgan fingerprint density at radius 1 is 1.10 bits per heavy atom.